The van der Waals surface area contributed by atoms with Gasteiger partial charge in [0.25, 0.3) is 0 Å². The fraction of sp³-hybridized carbons (Fsp3) is 0.941. The van der Waals surface area contributed by atoms with Gasteiger partial charge in [0.1, 0.15) is 0 Å². The van der Waals surface area contributed by atoms with Crippen molar-refractivity contribution in [2.75, 3.05) is 26.3 Å². The molecule has 1 saturated heterocycles. The van der Waals surface area contributed by atoms with Crippen LogP contribution in [-0.4, -0.2) is 49.2 Å². The molecule has 1 N–H and O–H groups in total. The number of morpholine rings is 1. The minimum Gasteiger partial charge on any atom is -0.378 e. The van der Waals surface area contributed by atoms with Gasteiger partial charge in [-0.05, 0) is 56.3 Å². The SMILES string of the molecule is C[C@@H](N[C@H]1C[C@@H]2C[C@@H]1[C@@H]1CCC[C@@H]21)C(=O)N1CCOCC1. The second-order valence-electron chi connectivity index (χ2n) is 7.59. The maximum absolute atomic E-state index is 12.5. The maximum Gasteiger partial charge on any atom is 0.239 e. The first kappa shape index (κ1) is 14.0. The molecule has 0 radical (unpaired) electrons. The zero-order chi connectivity index (χ0) is 14.4. The van der Waals surface area contributed by atoms with E-state index in [9.17, 15) is 4.79 Å². The highest BCUT2D eigenvalue weighted by molar-refractivity contribution is 5.81. The molecule has 4 aliphatic rings. The smallest absolute Gasteiger partial charge is 0.239 e. The van der Waals surface area contributed by atoms with E-state index in [0.29, 0.717) is 19.3 Å². The van der Waals surface area contributed by atoms with E-state index in [1.54, 1.807) is 0 Å². The highest BCUT2D eigenvalue weighted by Crippen LogP contribution is 2.58. The molecule has 4 heteroatoms. The molecule has 4 rings (SSSR count). The van der Waals surface area contributed by atoms with E-state index in [-0.39, 0.29) is 11.9 Å². The van der Waals surface area contributed by atoms with Crippen LogP contribution in [0.5, 0.6) is 0 Å². The van der Waals surface area contributed by atoms with Gasteiger partial charge in [-0.1, -0.05) is 6.42 Å². The fourth-order valence-corrected chi connectivity index (χ4v) is 5.71. The van der Waals surface area contributed by atoms with Gasteiger partial charge < -0.3 is 15.0 Å². The predicted octanol–water partition coefficient (Wildman–Crippen LogP) is 1.65. The lowest BCUT2D eigenvalue weighted by Gasteiger charge is -2.35. The average Bonchev–Trinajstić information content (AvgIpc) is 3.19. The van der Waals surface area contributed by atoms with Crippen LogP contribution in [-0.2, 0) is 9.53 Å². The standard InChI is InChI=1S/C17H28N2O2/c1-11(17(20)19-5-7-21-8-6-19)18-16-10-12-9-15(16)14-4-2-3-13(12)14/h11-16,18H,2-10H2,1H3/t11-,12+,13+,14-,15-,16+/m1/s1. The summed E-state index contributed by atoms with van der Waals surface area (Å²) in [6, 6.07) is 0.557. The number of rotatable bonds is 3. The molecule has 1 heterocycles. The van der Waals surface area contributed by atoms with Crippen LogP contribution in [0.1, 0.15) is 39.0 Å². The van der Waals surface area contributed by atoms with Crippen molar-refractivity contribution >= 4 is 5.91 Å². The number of fused-ring (bicyclic) bond motifs is 5. The maximum atomic E-state index is 12.5. The van der Waals surface area contributed by atoms with E-state index in [0.717, 1.165) is 36.8 Å². The van der Waals surface area contributed by atoms with Gasteiger partial charge in [-0.3, -0.25) is 4.79 Å². The van der Waals surface area contributed by atoms with E-state index in [2.05, 4.69) is 12.2 Å². The molecular formula is C17H28N2O2. The zero-order valence-corrected chi connectivity index (χ0v) is 13.1. The topological polar surface area (TPSA) is 41.6 Å². The van der Waals surface area contributed by atoms with Gasteiger partial charge in [0.05, 0.1) is 19.3 Å². The monoisotopic (exact) mass is 292 g/mol. The minimum atomic E-state index is -0.0349. The van der Waals surface area contributed by atoms with E-state index in [1.165, 1.54) is 32.1 Å². The lowest BCUT2D eigenvalue weighted by Crippen LogP contribution is -2.53. The highest BCUT2D eigenvalue weighted by atomic mass is 16.5. The molecule has 1 aliphatic heterocycles. The predicted molar refractivity (Wildman–Crippen MR) is 80.8 cm³/mol. The van der Waals surface area contributed by atoms with Gasteiger partial charge >= 0.3 is 0 Å². The molecule has 0 aromatic rings. The molecule has 118 valence electrons. The van der Waals surface area contributed by atoms with Crippen molar-refractivity contribution in [1.29, 1.82) is 0 Å². The van der Waals surface area contributed by atoms with Gasteiger partial charge in [-0.25, -0.2) is 0 Å². The number of ether oxygens (including phenoxy) is 1. The van der Waals surface area contributed by atoms with Gasteiger partial charge in [-0.2, -0.15) is 0 Å². The van der Waals surface area contributed by atoms with Gasteiger partial charge in [-0.15, -0.1) is 0 Å². The molecule has 1 amide bonds. The van der Waals surface area contributed by atoms with Crippen LogP contribution in [0, 0.1) is 23.7 Å². The van der Waals surface area contributed by atoms with Crippen molar-refractivity contribution < 1.29 is 9.53 Å². The number of carbonyl (C=O) groups excluding carboxylic acids is 1. The summed E-state index contributed by atoms with van der Waals surface area (Å²) in [6.45, 7) is 4.95. The molecular weight excluding hydrogens is 264 g/mol. The second-order valence-corrected chi connectivity index (χ2v) is 7.59. The Morgan fingerprint density at radius 3 is 2.71 bits per heavy atom. The number of hydrogen-bond acceptors (Lipinski definition) is 3. The van der Waals surface area contributed by atoms with Gasteiger partial charge in [0, 0.05) is 19.1 Å². The Bertz CT molecular complexity index is 408. The average molecular weight is 292 g/mol. The van der Waals surface area contributed by atoms with Gasteiger partial charge in [0.15, 0.2) is 0 Å². The van der Waals surface area contributed by atoms with Crippen LogP contribution in [0.2, 0.25) is 0 Å². The first-order valence-corrected chi connectivity index (χ1v) is 8.86. The summed E-state index contributed by atoms with van der Waals surface area (Å²) in [5.74, 6) is 4.06. The Labute approximate surface area is 127 Å². The number of carbonyl (C=O) groups is 1. The Morgan fingerprint density at radius 1 is 1.14 bits per heavy atom. The molecule has 3 saturated carbocycles. The number of nitrogens with zero attached hydrogens (tertiary/aromatic N) is 1. The Hall–Kier alpha value is -0.610. The normalized spacial score (nSPS) is 43.1. The fourth-order valence-electron chi connectivity index (χ4n) is 5.71. The van der Waals surface area contributed by atoms with Crippen LogP contribution < -0.4 is 5.32 Å². The van der Waals surface area contributed by atoms with E-state index in [1.807, 2.05) is 4.90 Å². The molecule has 0 unspecified atom stereocenters. The Balaban J connectivity index is 1.35. The summed E-state index contributed by atoms with van der Waals surface area (Å²) in [5.41, 5.74) is 0. The van der Waals surface area contributed by atoms with Crippen molar-refractivity contribution in [2.24, 2.45) is 23.7 Å². The number of nitrogens with one attached hydrogen (secondary N) is 1. The number of amides is 1. The van der Waals surface area contributed by atoms with Crippen LogP contribution in [0.3, 0.4) is 0 Å². The second kappa shape index (κ2) is 5.54. The molecule has 0 aromatic carbocycles. The van der Waals surface area contributed by atoms with Crippen molar-refractivity contribution in [2.45, 2.75) is 51.1 Å². The van der Waals surface area contributed by atoms with E-state index < -0.39 is 0 Å². The third kappa shape index (κ3) is 2.40. The van der Waals surface area contributed by atoms with Crippen molar-refractivity contribution in [3.05, 3.63) is 0 Å². The largest absolute Gasteiger partial charge is 0.378 e. The minimum absolute atomic E-state index is 0.0349. The van der Waals surface area contributed by atoms with Crippen LogP contribution in [0.25, 0.3) is 0 Å². The molecule has 0 aromatic heterocycles. The molecule has 6 atom stereocenters. The molecule has 2 bridgehead atoms. The quantitative estimate of drug-likeness (QED) is 0.860. The van der Waals surface area contributed by atoms with Crippen molar-refractivity contribution in [3.63, 3.8) is 0 Å². The Morgan fingerprint density at radius 2 is 1.90 bits per heavy atom. The van der Waals surface area contributed by atoms with Gasteiger partial charge in [0.2, 0.25) is 5.91 Å². The summed E-state index contributed by atoms with van der Waals surface area (Å²) in [5, 5.41) is 3.69. The third-order valence-electron chi connectivity index (χ3n) is 6.59. The first-order valence-electron chi connectivity index (χ1n) is 8.86. The first-order chi connectivity index (χ1) is 10.2. The van der Waals surface area contributed by atoms with Crippen molar-refractivity contribution in [3.8, 4) is 0 Å². The van der Waals surface area contributed by atoms with E-state index in [4.69, 9.17) is 4.74 Å². The summed E-state index contributed by atoms with van der Waals surface area (Å²) >= 11 is 0. The lowest BCUT2D eigenvalue weighted by atomic mass is 9.79. The molecule has 4 nitrogen and oxygen atoms in total. The lowest BCUT2D eigenvalue weighted by molar-refractivity contribution is -0.137. The molecule has 21 heavy (non-hydrogen) atoms. The Kier molecular flexibility index (Phi) is 3.70. The molecule has 3 aliphatic carbocycles. The summed E-state index contributed by atoms with van der Waals surface area (Å²) in [7, 11) is 0. The van der Waals surface area contributed by atoms with Crippen molar-refractivity contribution in [1.82, 2.24) is 10.2 Å². The summed E-state index contributed by atoms with van der Waals surface area (Å²) in [6.07, 6.45) is 7.09. The van der Waals surface area contributed by atoms with E-state index >= 15 is 0 Å². The molecule has 0 spiro atoms. The third-order valence-corrected chi connectivity index (χ3v) is 6.59. The highest BCUT2D eigenvalue weighted by Gasteiger charge is 2.53. The zero-order valence-electron chi connectivity index (χ0n) is 13.1. The molecule has 4 fully saturated rings. The van der Waals surface area contributed by atoms with Crippen LogP contribution >= 0.6 is 0 Å². The van der Waals surface area contributed by atoms with Crippen LogP contribution in [0.15, 0.2) is 0 Å². The summed E-state index contributed by atoms with van der Waals surface area (Å²) < 4.78 is 5.34. The van der Waals surface area contributed by atoms with Crippen LogP contribution in [0.4, 0.5) is 0 Å². The summed E-state index contributed by atoms with van der Waals surface area (Å²) in [4.78, 5) is 14.5. The number of hydrogen-bond donors (Lipinski definition) is 1.